The first kappa shape index (κ1) is 28.0. The lowest BCUT2D eigenvalue weighted by atomic mass is 9.73. The van der Waals surface area contributed by atoms with Gasteiger partial charge in [0.05, 0.1) is 46.5 Å². The highest BCUT2D eigenvalue weighted by Gasteiger charge is 2.53. The third kappa shape index (κ3) is 6.59. The molecule has 1 unspecified atom stereocenters. The Bertz CT molecular complexity index is 942. The van der Waals surface area contributed by atoms with Gasteiger partial charge >= 0.3 is 5.97 Å². The van der Waals surface area contributed by atoms with Gasteiger partial charge in [-0.1, -0.05) is 46.8 Å². The summed E-state index contributed by atoms with van der Waals surface area (Å²) in [5.74, 6) is -1.75. The van der Waals surface area contributed by atoms with Gasteiger partial charge in [0.1, 0.15) is 11.9 Å². The van der Waals surface area contributed by atoms with Crippen LogP contribution in [0.25, 0.3) is 0 Å². The Balaban J connectivity index is 1.84. The van der Waals surface area contributed by atoms with Crippen LogP contribution >= 0.6 is 11.3 Å². The molecule has 196 valence electrons. The van der Waals surface area contributed by atoms with Crippen LogP contribution in [-0.4, -0.2) is 57.0 Å². The number of epoxide rings is 1. The number of aryl methyl sites for hydroxylation is 1. The summed E-state index contributed by atoms with van der Waals surface area (Å²) in [6.07, 6.45) is 2.94. The first-order chi connectivity index (χ1) is 16.2. The van der Waals surface area contributed by atoms with E-state index in [-0.39, 0.29) is 35.7 Å². The molecule has 1 fully saturated rings. The molecule has 2 aliphatic heterocycles. The van der Waals surface area contributed by atoms with Crippen molar-refractivity contribution in [2.45, 2.75) is 104 Å². The molecule has 3 heterocycles. The van der Waals surface area contributed by atoms with Gasteiger partial charge in [0.25, 0.3) is 0 Å². The van der Waals surface area contributed by atoms with E-state index in [2.05, 4.69) is 4.98 Å². The van der Waals surface area contributed by atoms with E-state index in [4.69, 9.17) is 9.47 Å². The second-order valence-electron chi connectivity index (χ2n) is 11.3. The average molecular weight is 508 g/mol. The zero-order valence-corrected chi connectivity index (χ0v) is 22.8. The van der Waals surface area contributed by atoms with Crippen LogP contribution in [-0.2, 0) is 25.5 Å². The van der Waals surface area contributed by atoms with Gasteiger partial charge in [-0.3, -0.25) is 9.59 Å². The van der Waals surface area contributed by atoms with Crippen LogP contribution in [0.15, 0.2) is 17.5 Å². The molecule has 8 atom stereocenters. The smallest absolute Gasteiger partial charge is 0.308 e. The predicted molar refractivity (Wildman–Crippen MR) is 135 cm³/mol. The lowest BCUT2D eigenvalue weighted by Gasteiger charge is -2.34. The summed E-state index contributed by atoms with van der Waals surface area (Å²) in [6, 6.07) is 0. The van der Waals surface area contributed by atoms with E-state index in [1.165, 1.54) is 0 Å². The quantitative estimate of drug-likeness (QED) is 0.361. The molecule has 0 spiro atoms. The summed E-state index contributed by atoms with van der Waals surface area (Å²) in [5, 5.41) is 24.7. The summed E-state index contributed by atoms with van der Waals surface area (Å²) in [7, 11) is 0. The monoisotopic (exact) mass is 507 g/mol. The molecular formula is C27H41NO6S. The van der Waals surface area contributed by atoms with E-state index in [0.717, 1.165) is 10.7 Å². The van der Waals surface area contributed by atoms with E-state index in [1.807, 2.05) is 45.2 Å². The molecule has 0 saturated carbocycles. The van der Waals surface area contributed by atoms with Crippen molar-refractivity contribution in [3.63, 3.8) is 0 Å². The van der Waals surface area contributed by atoms with Crippen molar-refractivity contribution < 1.29 is 29.3 Å². The number of thiazole rings is 1. The number of hydrogen-bond acceptors (Lipinski definition) is 8. The number of aromatic nitrogens is 1. The van der Waals surface area contributed by atoms with Crippen LogP contribution in [0.4, 0.5) is 0 Å². The number of ketones is 1. The standard InChI is InChI=1S/C27H41NO6S/c1-15-9-8-10-27(7)22(34-27)12-20(16(2)11-19-14-35-18(4)28-19)33-23(30)13-21(29)26(5,6)25(32)17(3)24(15)31/h8-9,14-17,20-22,24,29,31H,10-13H2,1-7H3/t15-,16?,17+,20-,21-,22-,24-,27+/m0/s1. The first-order valence-corrected chi connectivity index (χ1v) is 13.5. The molecule has 1 aromatic heterocycles. The highest BCUT2D eigenvalue weighted by molar-refractivity contribution is 7.09. The summed E-state index contributed by atoms with van der Waals surface area (Å²) >= 11 is 1.59. The van der Waals surface area contributed by atoms with E-state index in [1.54, 1.807) is 32.1 Å². The highest BCUT2D eigenvalue weighted by atomic mass is 32.1. The Labute approximate surface area is 212 Å². The SMILES string of the molecule is Cc1nc(CC(C)[C@@H]2C[C@@H]3O[C@]3(C)CC=C[C@H](C)[C@H](O)[C@@H](C)C(=O)C(C)(C)[C@@H](O)CC(=O)O2)cs1. The summed E-state index contributed by atoms with van der Waals surface area (Å²) in [5.41, 5.74) is -0.598. The Morgan fingerprint density at radius 3 is 2.54 bits per heavy atom. The molecule has 3 rings (SSSR count). The van der Waals surface area contributed by atoms with Gasteiger partial charge in [0.15, 0.2) is 0 Å². The van der Waals surface area contributed by atoms with Crippen molar-refractivity contribution in [1.82, 2.24) is 4.98 Å². The normalized spacial score (nSPS) is 37.4. The second kappa shape index (κ2) is 10.8. The maximum atomic E-state index is 13.2. The molecule has 7 nitrogen and oxygen atoms in total. The number of hydrogen-bond donors (Lipinski definition) is 2. The van der Waals surface area contributed by atoms with Crippen molar-refractivity contribution in [1.29, 1.82) is 0 Å². The van der Waals surface area contributed by atoms with Gasteiger partial charge in [-0.15, -0.1) is 11.3 Å². The predicted octanol–water partition coefficient (Wildman–Crippen LogP) is 4.03. The molecule has 0 radical (unpaired) electrons. The van der Waals surface area contributed by atoms with Gasteiger partial charge in [0.2, 0.25) is 0 Å². The van der Waals surface area contributed by atoms with Crippen LogP contribution in [0.5, 0.6) is 0 Å². The summed E-state index contributed by atoms with van der Waals surface area (Å²) < 4.78 is 11.9. The zero-order chi connectivity index (χ0) is 26.1. The Hall–Kier alpha value is -1.61. The van der Waals surface area contributed by atoms with Crippen molar-refractivity contribution in [2.75, 3.05) is 0 Å². The van der Waals surface area contributed by atoms with Gasteiger partial charge in [-0.2, -0.15) is 0 Å². The molecule has 0 bridgehead atoms. The minimum Gasteiger partial charge on any atom is -0.462 e. The molecule has 0 aliphatic carbocycles. The van der Waals surface area contributed by atoms with E-state index >= 15 is 0 Å². The summed E-state index contributed by atoms with van der Waals surface area (Å²) in [4.78, 5) is 30.7. The highest BCUT2D eigenvalue weighted by Crippen LogP contribution is 2.44. The van der Waals surface area contributed by atoms with Crippen LogP contribution in [0.1, 0.15) is 71.5 Å². The molecule has 8 heteroatoms. The van der Waals surface area contributed by atoms with Crippen LogP contribution in [0.3, 0.4) is 0 Å². The van der Waals surface area contributed by atoms with Crippen LogP contribution in [0, 0.1) is 30.1 Å². The van der Waals surface area contributed by atoms with E-state index in [0.29, 0.717) is 19.3 Å². The average Bonchev–Trinajstić information content (AvgIpc) is 3.22. The van der Waals surface area contributed by atoms with Crippen molar-refractivity contribution in [3.05, 3.63) is 28.2 Å². The fraction of sp³-hybridized carbons (Fsp3) is 0.741. The van der Waals surface area contributed by atoms with Gasteiger partial charge in [-0.25, -0.2) is 4.98 Å². The number of aliphatic hydroxyl groups excluding tert-OH is 2. The number of Topliss-reactive ketones (excluding diaryl/α,β-unsaturated/α-hetero) is 1. The van der Waals surface area contributed by atoms with Gasteiger partial charge < -0.3 is 19.7 Å². The Morgan fingerprint density at radius 1 is 1.23 bits per heavy atom. The first-order valence-electron chi connectivity index (χ1n) is 12.6. The third-order valence-corrected chi connectivity index (χ3v) is 8.67. The molecule has 35 heavy (non-hydrogen) atoms. The maximum absolute atomic E-state index is 13.2. The number of rotatable bonds is 3. The van der Waals surface area contributed by atoms with E-state index in [9.17, 15) is 19.8 Å². The molecule has 0 amide bonds. The summed E-state index contributed by atoms with van der Waals surface area (Å²) in [6.45, 7) is 12.8. The Kier molecular flexibility index (Phi) is 8.62. The number of ether oxygens (including phenoxy) is 2. The number of aliphatic hydroxyl groups is 2. The van der Waals surface area contributed by atoms with Crippen molar-refractivity contribution in [2.24, 2.45) is 23.2 Å². The Morgan fingerprint density at radius 2 is 1.91 bits per heavy atom. The lowest BCUT2D eigenvalue weighted by molar-refractivity contribution is -0.158. The molecule has 2 aliphatic rings. The molecule has 2 N–H and O–H groups in total. The molecule has 0 aromatic carbocycles. The van der Waals surface area contributed by atoms with Crippen molar-refractivity contribution >= 4 is 23.1 Å². The number of nitrogens with zero attached hydrogens (tertiary/aromatic N) is 1. The van der Waals surface area contributed by atoms with Crippen molar-refractivity contribution in [3.8, 4) is 0 Å². The minimum atomic E-state index is -1.23. The lowest BCUT2D eigenvalue weighted by Crippen LogP contribution is -2.45. The second-order valence-corrected chi connectivity index (χ2v) is 12.4. The molecule has 1 aromatic rings. The minimum absolute atomic E-state index is 0.00491. The molecular weight excluding hydrogens is 466 g/mol. The number of carbonyl (C=O) groups is 2. The largest absolute Gasteiger partial charge is 0.462 e. The van der Waals surface area contributed by atoms with Gasteiger partial charge in [-0.05, 0) is 32.6 Å². The number of carbonyl (C=O) groups excluding carboxylic acids is 2. The number of fused-ring (bicyclic) bond motifs is 1. The molecule has 1 saturated heterocycles. The fourth-order valence-electron chi connectivity index (χ4n) is 4.96. The maximum Gasteiger partial charge on any atom is 0.308 e. The topological polar surface area (TPSA) is 109 Å². The third-order valence-electron chi connectivity index (χ3n) is 7.85. The van der Waals surface area contributed by atoms with Gasteiger partial charge in [0, 0.05) is 23.6 Å². The van der Waals surface area contributed by atoms with E-state index < -0.39 is 35.6 Å². The zero-order valence-electron chi connectivity index (χ0n) is 22.0. The number of esters is 1. The fourth-order valence-corrected chi connectivity index (χ4v) is 5.59. The number of cyclic esters (lactones) is 1. The van der Waals surface area contributed by atoms with Crippen LogP contribution in [0.2, 0.25) is 0 Å². The van der Waals surface area contributed by atoms with Crippen LogP contribution < -0.4 is 0 Å².